The quantitative estimate of drug-likeness (QED) is 0.348. The fraction of sp³-hybridized carbons (Fsp3) is 0.538. The Labute approximate surface area is 172 Å². The maximum atomic E-state index is 15.4. The van der Waals surface area contributed by atoms with Crippen LogP contribution in [-0.4, -0.2) is 0 Å². The molecule has 1 fully saturated rings. The zero-order valence-electron chi connectivity index (χ0n) is 17.6. The van der Waals surface area contributed by atoms with E-state index in [-0.39, 0.29) is 17.3 Å². The van der Waals surface area contributed by atoms with E-state index in [4.69, 9.17) is 0 Å². The van der Waals surface area contributed by atoms with Crippen LogP contribution in [-0.2, 0) is 6.42 Å². The monoisotopic (exact) mass is 400 g/mol. The summed E-state index contributed by atoms with van der Waals surface area (Å²) in [6.07, 6.45) is 10.6. The highest BCUT2D eigenvalue weighted by Gasteiger charge is 2.35. The maximum Gasteiger partial charge on any atom is 0.167 e. The highest BCUT2D eigenvalue weighted by molar-refractivity contribution is 6.03. The Kier molecular flexibility index (Phi) is 6.03. The molecule has 2 aromatic carbocycles. The number of hydrogen-bond acceptors (Lipinski definition) is 0. The second-order valence-corrected chi connectivity index (χ2v) is 8.94. The van der Waals surface area contributed by atoms with Crippen LogP contribution < -0.4 is 0 Å². The van der Waals surface area contributed by atoms with Crippen LogP contribution in [0.25, 0.3) is 22.3 Å². The molecular weight excluding hydrogens is 369 g/mol. The highest BCUT2D eigenvalue weighted by atomic mass is 19.2. The molecular formula is C26H31F3. The van der Waals surface area contributed by atoms with Gasteiger partial charge < -0.3 is 0 Å². The number of hydrogen-bond donors (Lipinski definition) is 0. The molecule has 4 rings (SSSR count). The molecule has 2 aromatic rings. The molecule has 0 spiro atoms. The minimum Gasteiger partial charge on any atom is -0.206 e. The number of halogens is 3. The van der Waals surface area contributed by atoms with E-state index in [2.05, 4.69) is 6.92 Å². The van der Waals surface area contributed by atoms with Gasteiger partial charge in [0.25, 0.3) is 0 Å². The molecule has 0 bridgehead atoms. The third-order valence-corrected chi connectivity index (χ3v) is 7.02. The number of rotatable bonds is 7. The second kappa shape index (κ2) is 8.53. The van der Waals surface area contributed by atoms with Crippen molar-refractivity contribution < 1.29 is 13.2 Å². The molecule has 0 aliphatic heterocycles. The van der Waals surface area contributed by atoms with Gasteiger partial charge in [-0.15, -0.1) is 0 Å². The van der Waals surface area contributed by atoms with Gasteiger partial charge in [0.2, 0.25) is 0 Å². The summed E-state index contributed by atoms with van der Waals surface area (Å²) in [6, 6.07) is 5.51. The molecule has 0 saturated heterocycles. The van der Waals surface area contributed by atoms with Gasteiger partial charge in [0.05, 0.1) is 0 Å². The van der Waals surface area contributed by atoms with E-state index < -0.39 is 11.6 Å². The number of benzene rings is 2. The smallest absolute Gasteiger partial charge is 0.167 e. The molecule has 29 heavy (non-hydrogen) atoms. The van der Waals surface area contributed by atoms with E-state index >= 15 is 4.39 Å². The van der Waals surface area contributed by atoms with Crippen LogP contribution in [0.15, 0.2) is 18.2 Å². The zero-order chi connectivity index (χ0) is 20.5. The Hall–Kier alpha value is -1.77. The van der Waals surface area contributed by atoms with Gasteiger partial charge in [0.1, 0.15) is 5.82 Å². The summed E-state index contributed by atoms with van der Waals surface area (Å²) in [6.45, 7) is 4.16. The van der Waals surface area contributed by atoms with Crippen LogP contribution in [0.1, 0.15) is 88.7 Å². The first kappa shape index (κ1) is 20.5. The van der Waals surface area contributed by atoms with Crippen LogP contribution in [0.2, 0.25) is 0 Å². The average Bonchev–Trinajstić information content (AvgIpc) is 2.71. The molecule has 0 radical (unpaired) electrons. The Morgan fingerprint density at radius 1 is 0.793 bits per heavy atom. The first-order valence-corrected chi connectivity index (χ1v) is 11.4. The van der Waals surface area contributed by atoms with Crippen molar-refractivity contribution in [2.45, 2.75) is 84.0 Å². The zero-order valence-corrected chi connectivity index (χ0v) is 17.6. The van der Waals surface area contributed by atoms with Crippen molar-refractivity contribution in [3.63, 3.8) is 0 Å². The third kappa shape index (κ3) is 3.62. The Morgan fingerprint density at radius 2 is 1.52 bits per heavy atom. The summed E-state index contributed by atoms with van der Waals surface area (Å²) in [5.41, 5.74) is 2.91. The molecule has 0 atom stereocenters. The van der Waals surface area contributed by atoms with Crippen LogP contribution in [0.5, 0.6) is 0 Å². The lowest BCUT2D eigenvalue weighted by molar-refractivity contribution is 0.299. The van der Waals surface area contributed by atoms with E-state index in [0.717, 1.165) is 43.6 Å². The van der Waals surface area contributed by atoms with Gasteiger partial charge >= 0.3 is 0 Å². The maximum absolute atomic E-state index is 15.4. The molecule has 1 saturated carbocycles. The van der Waals surface area contributed by atoms with Crippen LogP contribution in [0, 0.1) is 23.4 Å². The molecule has 2 aliphatic rings. The first-order valence-electron chi connectivity index (χ1n) is 11.4. The minimum atomic E-state index is -0.880. The number of aryl methyl sites for hydroxylation is 1. The molecule has 0 aromatic heterocycles. The van der Waals surface area contributed by atoms with Crippen molar-refractivity contribution in [1.29, 1.82) is 0 Å². The van der Waals surface area contributed by atoms with Crippen molar-refractivity contribution >= 4 is 0 Å². The minimum absolute atomic E-state index is 0.143. The molecule has 0 nitrogen and oxygen atoms in total. The lowest BCUT2D eigenvalue weighted by Crippen LogP contribution is -2.16. The van der Waals surface area contributed by atoms with Crippen LogP contribution in [0.4, 0.5) is 13.2 Å². The lowest BCUT2D eigenvalue weighted by atomic mass is 9.73. The topological polar surface area (TPSA) is 0 Å². The SMILES string of the molecule is CCCCCC1CCC(c2ccc3c(c2F)-c2c-3cc(CCC)c(F)c2F)CC1. The van der Waals surface area contributed by atoms with Crippen molar-refractivity contribution in [3.05, 3.63) is 46.8 Å². The van der Waals surface area contributed by atoms with Crippen molar-refractivity contribution in [1.82, 2.24) is 0 Å². The van der Waals surface area contributed by atoms with Gasteiger partial charge in [-0.25, -0.2) is 13.2 Å². The molecule has 2 aliphatic carbocycles. The van der Waals surface area contributed by atoms with Gasteiger partial charge in [-0.05, 0) is 72.3 Å². The van der Waals surface area contributed by atoms with Gasteiger partial charge in [0.15, 0.2) is 11.6 Å². The summed E-state index contributed by atoms with van der Waals surface area (Å²) >= 11 is 0. The van der Waals surface area contributed by atoms with Gasteiger partial charge in [-0.2, -0.15) is 0 Å². The predicted octanol–water partition coefficient (Wildman–Crippen LogP) is 8.56. The molecule has 3 heteroatoms. The fourth-order valence-electron chi connectivity index (χ4n) is 5.35. The van der Waals surface area contributed by atoms with Crippen molar-refractivity contribution in [2.75, 3.05) is 0 Å². The van der Waals surface area contributed by atoms with Crippen molar-refractivity contribution in [2.24, 2.45) is 5.92 Å². The fourth-order valence-corrected chi connectivity index (χ4v) is 5.35. The summed E-state index contributed by atoms with van der Waals surface area (Å²) in [5.74, 6) is -1.07. The van der Waals surface area contributed by atoms with Gasteiger partial charge in [0, 0.05) is 11.1 Å². The van der Waals surface area contributed by atoms with E-state index in [0.29, 0.717) is 28.7 Å². The number of fused-ring (bicyclic) bond motifs is 4. The van der Waals surface area contributed by atoms with Crippen molar-refractivity contribution in [3.8, 4) is 22.3 Å². The van der Waals surface area contributed by atoms with E-state index in [1.807, 2.05) is 19.1 Å². The average molecular weight is 401 g/mol. The van der Waals surface area contributed by atoms with E-state index in [1.165, 1.54) is 25.7 Å². The molecule has 0 heterocycles. The highest BCUT2D eigenvalue weighted by Crippen LogP contribution is 2.53. The van der Waals surface area contributed by atoms with Gasteiger partial charge in [-0.1, -0.05) is 58.1 Å². The summed E-state index contributed by atoms with van der Waals surface area (Å²) in [5, 5.41) is 0. The first-order chi connectivity index (χ1) is 14.1. The third-order valence-electron chi connectivity index (χ3n) is 7.02. The van der Waals surface area contributed by atoms with Crippen LogP contribution in [0.3, 0.4) is 0 Å². The summed E-state index contributed by atoms with van der Waals surface area (Å²) < 4.78 is 44.5. The largest absolute Gasteiger partial charge is 0.206 e. The van der Waals surface area contributed by atoms with E-state index in [9.17, 15) is 8.78 Å². The molecule has 0 N–H and O–H groups in total. The Balaban J connectivity index is 1.55. The number of unbranched alkanes of at least 4 members (excludes halogenated alkanes) is 2. The summed E-state index contributed by atoms with van der Waals surface area (Å²) in [7, 11) is 0. The molecule has 156 valence electrons. The molecule has 0 amide bonds. The standard InChI is InChI=1S/C26H31F3/c1-3-5-6-8-16-9-11-17(12-10-16)19-13-14-20-21-15-18(7-4-2)24(27)26(29)23(21)22(20)25(19)28/h13-17H,3-12H2,1-2H3. The predicted molar refractivity (Wildman–Crippen MR) is 114 cm³/mol. The summed E-state index contributed by atoms with van der Waals surface area (Å²) in [4.78, 5) is 0. The van der Waals surface area contributed by atoms with E-state index in [1.54, 1.807) is 6.07 Å². The molecule has 0 unspecified atom stereocenters. The van der Waals surface area contributed by atoms with Crippen LogP contribution >= 0.6 is 0 Å². The second-order valence-electron chi connectivity index (χ2n) is 8.94. The Morgan fingerprint density at radius 3 is 2.21 bits per heavy atom. The lowest BCUT2D eigenvalue weighted by Gasteiger charge is -2.32. The normalized spacial score (nSPS) is 20.2. The Bertz CT molecular complexity index is 892. The van der Waals surface area contributed by atoms with Gasteiger partial charge in [-0.3, -0.25) is 0 Å².